The molecule has 3 saturated heterocycles. The van der Waals surface area contributed by atoms with Crippen LogP contribution < -0.4 is 0 Å². The van der Waals surface area contributed by atoms with Gasteiger partial charge in [0.25, 0.3) is 0 Å². The van der Waals surface area contributed by atoms with Crippen LogP contribution in [-0.4, -0.2) is 164 Å². The topological polar surface area (TPSA) is 303 Å². The van der Waals surface area contributed by atoms with Crippen LogP contribution in [0.25, 0.3) is 0 Å². The van der Waals surface area contributed by atoms with Gasteiger partial charge in [-0.25, -0.2) is 0 Å². The van der Waals surface area contributed by atoms with Crippen molar-refractivity contribution in [3.63, 3.8) is 0 Å². The lowest BCUT2D eigenvalue weighted by atomic mass is 9.92. The van der Waals surface area contributed by atoms with Gasteiger partial charge in [0.05, 0.1) is 38.6 Å². The molecule has 0 aromatic carbocycles. The van der Waals surface area contributed by atoms with E-state index in [9.17, 15) is 48.3 Å². The number of aliphatic hydroxyl groups is 1. The molecule has 0 saturated carbocycles. The van der Waals surface area contributed by atoms with Crippen LogP contribution in [0.2, 0.25) is 0 Å². The molecular formula is C54H86O24. The largest absolute Gasteiger partial charge is 0.462 e. The van der Waals surface area contributed by atoms with Crippen LogP contribution in [0.1, 0.15) is 152 Å². The van der Waals surface area contributed by atoms with Gasteiger partial charge in [-0.2, -0.15) is 0 Å². The second-order valence-corrected chi connectivity index (χ2v) is 25.9. The van der Waals surface area contributed by atoms with Crippen molar-refractivity contribution in [3.8, 4) is 0 Å². The monoisotopic (exact) mass is 1120 g/mol. The van der Waals surface area contributed by atoms with Crippen molar-refractivity contribution in [1.82, 2.24) is 0 Å². The van der Waals surface area contributed by atoms with Gasteiger partial charge in [0.2, 0.25) is 0 Å². The van der Waals surface area contributed by atoms with E-state index in [0.717, 1.165) is 20.8 Å². The predicted molar refractivity (Wildman–Crippen MR) is 268 cm³/mol. The van der Waals surface area contributed by atoms with Crippen molar-refractivity contribution < 1.29 is 115 Å². The molecule has 1 N–H and O–H groups in total. The summed E-state index contributed by atoms with van der Waals surface area (Å²) in [7, 11) is 0. The first-order chi connectivity index (χ1) is 35.2. The first-order valence-corrected chi connectivity index (χ1v) is 25.9. The smallest absolute Gasteiger partial charge is 0.311 e. The maximum atomic E-state index is 14.4. The molecule has 78 heavy (non-hydrogen) atoms. The molecule has 446 valence electrons. The maximum absolute atomic E-state index is 14.4. The number of ether oxygens (including phenoxy) is 14. The lowest BCUT2D eigenvalue weighted by Crippen LogP contribution is -2.69. The van der Waals surface area contributed by atoms with Gasteiger partial charge >= 0.3 is 53.7 Å². The summed E-state index contributed by atoms with van der Waals surface area (Å²) < 4.78 is 85.6. The number of carbonyl (C=O) groups is 9. The molecule has 3 fully saturated rings. The minimum atomic E-state index is -2.09. The summed E-state index contributed by atoms with van der Waals surface area (Å²) in [5.74, 6) is -7.88. The van der Waals surface area contributed by atoms with E-state index < -0.39 is 192 Å². The highest BCUT2D eigenvalue weighted by atomic mass is 16.8. The Bertz CT molecular complexity index is 2160. The van der Waals surface area contributed by atoms with Crippen LogP contribution in [0.5, 0.6) is 0 Å². The Labute approximate surface area is 457 Å². The Morgan fingerprint density at radius 3 is 1.04 bits per heavy atom. The van der Waals surface area contributed by atoms with E-state index in [4.69, 9.17) is 66.3 Å². The van der Waals surface area contributed by atoms with E-state index in [1.165, 1.54) is 90.0 Å². The summed E-state index contributed by atoms with van der Waals surface area (Å²) in [5.41, 5.74) is -7.34. The van der Waals surface area contributed by atoms with E-state index in [0.29, 0.717) is 0 Å². The second-order valence-electron chi connectivity index (χ2n) is 25.9. The quantitative estimate of drug-likeness (QED) is 0.171. The molecule has 3 aliphatic heterocycles. The normalized spacial score (nSPS) is 30.1. The second kappa shape index (κ2) is 25.6. The third-order valence-corrected chi connectivity index (χ3v) is 11.8. The molecule has 0 aromatic heterocycles. The Morgan fingerprint density at radius 1 is 0.346 bits per heavy atom. The Hall–Kier alpha value is -5.01. The van der Waals surface area contributed by atoms with Crippen LogP contribution in [0.15, 0.2) is 0 Å². The van der Waals surface area contributed by atoms with Crippen LogP contribution in [0.3, 0.4) is 0 Å². The molecule has 0 amide bonds. The van der Waals surface area contributed by atoms with E-state index in [-0.39, 0.29) is 0 Å². The zero-order valence-electron chi connectivity index (χ0n) is 49.4. The van der Waals surface area contributed by atoms with Crippen molar-refractivity contribution in [2.24, 2.45) is 32.5 Å². The number of esters is 9. The number of hydrogen-bond acceptors (Lipinski definition) is 24. The molecule has 0 spiro atoms. The number of hydrogen-bond donors (Lipinski definition) is 1. The Kier molecular flexibility index (Phi) is 22.1. The summed E-state index contributed by atoms with van der Waals surface area (Å²) in [5, 5.41) is 11.7. The molecule has 0 bridgehead atoms. The fourth-order valence-electron chi connectivity index (χ4n) is 7.34. The standard InChI is InChI=1S/C54H86O24/c1-25-31(68-26(2)55)34(69-27(3)56)38(70-28(4)57)41(67-25)74-36-33(75-45(61)51(11,12)13)30(24-66-44(60)50(8,9)10)72-42(39(36)78-48(64)54(20,21)22)73-32-29(23-65-43(59)49(5,6)7)71-40(58)37(77-47(63)53(17,18)19)35(32)76-46(62)52(14,15)16/h25,29-42,58H,23-24H2,1-22H3/t25-,29-,30-,31+,32-,33+,34+,35+,36+,37-,38-,39-,40+,41-,42+/m1/s1. The summed E-state index contributed by atoms with van der Waals surface area (Å²) >= 11 is 0. The minimum Gasteiger partial charge on any atom is -0.462 e. The Balaban J connectivity index is 2.57. The van der Waals surface area contributed by atoms with Gasteiger partial charge in [-0.3, -0.25) is 43.2 Å². The van der Waals surface area contributed by atoms with E-state index >= 15 is 0 Å². The van der Waals surface area contributed by atoms with Crippen molar-refractivity contribution in [3.05, 3.63) is 0 Å². The first-order valence-electron chi connectivity index (χ1n) is 25.9. The molecule has 0 aromatic rings. The van der Waals surface area contributed by atoms with E-state index in [2.05, 4.69) is 0 Å². The molecule has 24 heteroatoms. The number of aliphatic hydroxyl groups excluding tert-OH is 1. The third kappa shape index (κ3) is 18.5. The van der Waals surface area contributed by atoms with Crippen LogP contribution in [0, 0.1) is 32.5 Å². The van der Waals surface area contributed by atoms with Gasteiger partial charge in [0.1, 0.15) is 37.6 Å². The van der Waals surface area contributed by atoms with Crippen molar-refractivity contribution in [2.75, 3.05) is 13.2 Å². The molecule has 3 heterocycles. The minimum absolute atomic E-state index is 0.724. The lowest BCUT2D eigenvalue weighted by Gasteiger charge is -2.50. The van der Waals surface area contributed by atoms with Crippen molar-refractivity contribution >= 4 is 53.7 Å². The van der Waals surface area contributed by atoms with Crippen molar-refractivity contribution in [2.45, 2.75) is 244 Å². The lowest BCUT2D eigenvalue weighted by molar-refractivity contribution is -0.379. The highest BCUT2D eigenvalue weighted by Crippen LogP contribution is 2.40. The summed E-state index contributed by atoms with van der Waals surface area (Å²) in [6.45, 7) is 30.8. The van der Waals surface area contributed by atoms with Gasteiger partial charge in [-0.1, -0.05) is 0 Å². The number of rotatable bonds is 15. The molecule has 0 aliphatic carbocycles. The first kappa shape index (κ1) is 67.3. The molecule has 0 unspecified atom stereocenters. The van der Waals surface area contributed by atoms with Gasteiger partial charge < -0.3 is 71.4 Å². The summed E-state index contributed by atoms with van der Waals surface area (Å²) in [6, 6.07) is 0. The third-order valence-electron chi connectivity index (χ3n) is 11.8. The average Bonchev–Trinajstić information content (AvgIpc) is 3.25. The molecular weight excluding hydrogens is 1030 g/mol. The molecule has 3 rings (SSSR count). The summed E-state index contributed by atoms with van der Waals surface area (Å²) in [4.78, 5) is 122. The molecule has 0 radical (unpaired) electrons. The molecule has 3 aliphatic rings. The Morgan fingerprint density at radius 2 is 0.641 bits per heavy atom. The van der Waals surface area contributed by atoms with E-state index in [1.807, 2.05) is 0 Å². The summed E-state index contributed by atoms with van der Waals surface area (Å²) in [6.07, 6.45) is -26.9. The van der Waals surface area contributed by atoms with Crippen LogP contribution in [-0.2, 0) is 109 Å². The van der Waals surface area contributed by atoms with Gasteiger partial charge in [-0.05, 0) is 132 Å². The maximum Gasteiger partial charge on any atom is 0.311 e. The van der Waals surface area contributed by atoms with Gasteiger partial charge in [-0.15, -0.1) is 0 Å². The highest BCUT2D eigenvalue weighted by molar-refractivity contribution is 5.78. The SMILES string of the molecule is CC(=O)O[C@H]1[C@@H](OC(C)=O)[C@@H](C)O[C@H](O[C@H]2[C@@H](OC(=O)C(C)(C)C)[C@@H](COC(=O)C(C)(C)C)O[C@@H](O[C@H]3[C@H](OC(=O)C(C)(C)C)[C@@H](OC(=O)C(C)(C)C)[C@@H](O)O[C@@H]3COC(=O)C(C)(C)C)[C@@H]2OC(=O)C(C)(C)C)[C@@H]1OC(C)=O. The van der Waals surface area contributed by atoms with Gasteiger partial charge in [0.15, 0.2) is 61.6 Å². The van der Waals surface area contributed by atoms with Crippen LogP contribution in [0.4, 0.5) is 0 Å². The highest BCUT2D eigenvalue weighted by Gasteiger charge is 2.61. The van der Waals surface area contributed by atoms with Crippen LogP contribution >= 0.6 is 0 Å². The zero-order chi connectivity index (χ0) is 60.2. The fourth-order valence-corrected chi connectivity index (χ4v) is 7.34. The average molecular weight is 1120 g/mol. The molecule has 24 nitrogen and oxygen atoms in total. The molecule has 15 atom stereocenters. The van der Waals surface area contributed by atoms with E-state index in [1.54, 1.807) is 41.5 Å². The van der Waals surface area contributed by atoms with Crippen molar-refractivity contribution in [1.29, 1.82) is 0 Å². The fraction of sp³-hybridized carbons (Fsp3) is 0.833. The predicted octanol–water partition coefficient (Wildman–Crippen LogP) is 4.75. The van der Waals surface area contributed by atoms with Gasteiger partial charge in [0, 0.05) is 20.8 Å². The number of carbonyl (C=O) groups excluding carboxylic acids is 9. The zero-order valence-corrected chi connectivity index (χ0v) is 49.4.